The number of carbonyl (C=O) groups excluding carboxylic acids is 1. The number of hydrogen-bond acceptors (Lipinski definition) is 10. The summed E-state index contributed by atoms with van der Waals surface area (Å²) in [7, 11) is 1.92. The summed E-state index contributed by atoms with van der Waals surface area (Å²) >= 11 is 1.29. The molecule has 0 bridgehead atoms. The molecule has 6 heterocycles. The monoisotopic (exact) mass is 686 g/mol. The molecule has 2 aliphatic heterocycles. The second-order valence-corrected chi connectivity index (χ2v) is 13.0. The SMILES string of the molecule is CCc1nc2ccc(-c3cnc(N4CCC(CC(=O)NC5CNC5)CC4)nc3)cn2c1N(C)c1nc(-c2ccc(F)cc2)c(C#N)s1.Cl. The fraction of sp³-hybridized carbons (Fsp3) is 0.353. The maximum absolute atomic E-state index is 13.6. The maximum atomic E-state index is 13.6. The van der Waals surface area contributed by atoms with Gasteiger partial charge in [-0.15, -0.1) is 12.4 Å². The predicted molar refractivity (Wildman–Crippen MR) is 187 cm³/mol. The van der Waals surface area contributed by atoms with Crippen molar-refractivity contribution < 1.29 is 9.18 Å². The lowest BCUT2D eigenvalue weighted by atomic mass is 9.93. The summed E-state index contributed by atoms with van der Waals surface area (Å²) in [6.45, 7) is 5.44. The summed E-state index contributed by atoms with van der Waals surface area (Å²) in [5.41, 5.74) is 4.73. The average molecular weight is 687 g/mol. The molecular weight excluding hydrogens is 651 g/mol. The zero-order valence-electron chi connectivity index (χ0n) is 26.7. The van der Waals surface area contributed by atoms with Gasteiger partial charge in [0.1, 0.15) is 33.9 Å². The lowest BCUT2D eigenvalue weighted by Gasteiger charge is -2.33. The van der Waals surface area contributed by atoms with Gasteiger partial charge in [-0.1, -0.05) is 18.3 Å². The minimum Gasteiger partial charge on any atom is -0.351 e. The van der Waals surface area contributed by atoms with E-state index >= 15 is 0 Å². The first-order valence-corrected chi connectivity index (χ1v) is 16.7. The number of rotatable bonds is 9. The molecule has 14 heteroatoms. The molecule has 5 aromatic rings. The third-order valence-corrected chi connectivity index (χ3v) is 9.96. The molecule has 0 radical (unpaired) electrons. The van der Waals surface area contributed by atoms with E-state index in [4.69, 9.17) is 19.9 Å². The van der Waals surface area contributed by atoms with Crippen molar-refractivity contribution in [1.82, 2.24) is 35.0 Å². The van der Waals surface area contributed by atoms with Crippen LogP contribution in [0.15, 0.2) is 55.0 Å². The van der Waals surface area contributed by atoms with Crippen LogP contribution in [0.4, 0.5) is 21.3 Å². The van der Waals surface area contributed by atoms with Crippen molar-refractivity contribution in [3.05, 3.63) is 71.4 Å². The summed E-state index contributed by atoms with van der Waals surface area (Å²) in [6.07, 6.45) is 8.90. The molecule has 2 aliphatic rings. The Kier molecular flexibility index (Phi) is 9.86. The van der Waals surface area contributed by atoms with Crippen LogP contribution >= 0.6 is 23.7 Å². The van der Waals surface area contributed by atoms with E-state index in [0.717, 1.165) is 67.3 Å². The van der Waals surface area contributed by atoms with Crippen molar-refractivity contribution in [2.45, 2.75) is 38.6 Å². The van der Waals surface area contributed by atoms with Crippen LogP contribution in [0.5, 0.6) is 0 Å². The molecule has 248 valence electrons. The number of pyridine rings is 1. The number of anilines is 3. The number of imidazole rings is 1. The largest absolute Gasteiger partial charge is 0.351 e. The Morgan fingerprint density at radius 1 is 1.08 bits per heavy atom. The lowest BCUT2D eigenvalue weighted by Crippen LogP contribution is -2.57. The van der Waals surface area contributed by atoms with Gasteiger partial charge in [0, 0.05) is 74.9 Å². The molecule has 0 saturated carbocycles. The van der Waals surface area contributed by atoms with Gasteiger partial charge < -0.3 is 20.4 Å². The highest BCUT2D eigenvalue weighted by atomic mass is 35.5. The third kappa shape index (κ3) is 6.69. The van der Waals surface area contributed by atoms with Gasteiger partial charge in [-0.05, 0) is 61.6 Å². The molecule has 0 aliphatic carbocycles. The Morgan fingerprint density at radius 2 is 1.79 bits per heavy atom. The first-order valence-electron chi connectivity index (χ1n) is 15.9. The number of fused-ring (bicyclic) bond motifs is 1. The topological polar surface area (TPSA) is 127 Å². The summed E-state index contributed by atoms with van der Waals surface area (Å²) in [5, 5.41) is 16.8. The van der Waals surface area contributed by atoms with E-state index in [1.54, 1.807) is 12.1 Å². The highest BCUT2D eigenvalue weighted by Gasteiger charge is 2.26. The summed E-state index contributed by atoms with van der Waals surface area (Å²) in [4.78, 5) is 36.1. The number of hydrogen-bond donors (Lipinski definition) is 2. The molecule has 1 aromatic carbocycles. The average Bonchev–Trinajstić information content (AvgIpc) is 3.68. The zero-order valence-corrected chi connectivity index (χ0v) is 28.3. The van der Waals surface area contributed by atoms with Gasteiger partial charge >= 0.3 is 0 Å². The van der Waals surface area contributed by atoms with Crippen molar-refractivity contribution in [1.29, 1.82) is 5.26 Å². The molecule has 1 amide bonds. The van der Waals surface area contributed by atoms with Crippen LogP contribution in [-0.2, 0) is 11.2 Å². The van der Waals surface area contributed by atoms with Gasteiger partial charge in [0.25, 0.3) is 0 Å². The quantitative estimate of drug-likeness (QED) is 0.210. The van der Waals surface area contributed by atoms with E-state index in [1.165, 1.54) is 23.5 Å². The molecule has 4 aromatic heterocycles. The van der Waals surface area contributed by atoms with Gasteiger partial charge in [0.05, 0.1) is 11.7 Å². The number of amides is 1. The maximum Gasteiger partial charge on any atom is 0.225 e. The summed E-state index contributed by atoms with van der Waals surface area (Å²) in [5.74, 6) is 1.74. The Hall–Kier alpha value is -4.64. The van der Waals surface area contributed by atoms with Crippen molar-refractivity contribution in [2.24, 2.45) is 5.92 Å². The van der Waals surface area contributed by atoms with Crippen molar-refractivity contribution in [3.8, 4) is 28.5 Å². The second-order valence-electron chi connectivity index (χ2n) is 12.1. The highest BCUT2D eigenvalue weighted by Crippen LogP contribution is 2.37. The predicted octanol–water partition coefficient (Wildman–Crippen LogP) is 5.37. The number of aromatic nitrogens is 5. The second kappa shape index (κ2) is 14.2. The van der Waals surface area contributed by atoms with Gasteiger partial charge in [-0.2, -0.15) is 5.26 Å². The number of benzene rings is 1. The molecule has 48 heavy (non-hydrogen) atoms. The standard InChI is InChI=1S/C34H35FN10OS.ClH/c1-3-27-32(43(2)34-42-31(28(15-36)47-34)22-4-7-25(35)8-5-22)45-20-23(6-9-29(45)41-27)24-16-38-33(39-17-24)44-12-10-21(11-13-44)14-30(46)40-26-18-37-19-26;/h4-9,16-17,20-21,26,37H,3,10-14,18-19H2,1-2H3,(H,40,46);1H. The molecule has 0 unspecified atom stereocenters. The van der Waals surface area contributed by atoms with E-state index < -0.39 is 0 Å². The van der Waals surface area contributed by atoms with E-state index in [0.29, 0.717) is 46.0 Å². The minimum atomic E-state index is -0.339. The minimum absolute atomic E-state index is 0. The zero-order chi connectivity index (χ0) is 32.5. The van der Waals surface area contributed by atoms with Crippen LogP contribution in [0.1, 0.15) is 36.8 Å². The normalized spacial score (nSPS) is 15.1. The van der Waals surface area contributed by atoms with Crippen LogP contribution in [0, 0.1) is 23.1 Å². The number of thiazole rings is 1. The van der Waals surface area contributed by atoms with Crippen LogP contribution < -0.4 is 20.4 Å². The van der Waals surface area contributed by atoms with Crippen LogP contribution in [0.25, 0.3) is 28.0 Å². The van der Waals surface area contributed by atoms with E-state index in [1.807, 2.05) is 47.1 Å². The Morgan fingerprint density at radius 3 is 2.44 bits per heavy atom. The lowest BCUT2D eigenvalue weighted by molar-refractivity contribution is -0.123. The summed E-state index contributed by atoms with van der Waals surface area (Å²) < 4.78 is 15.6. The molecule has 7 rings (SSSR count). The molecule has 2 N–H and O–H groups in total. The number of aryl methyl sites for hydroxylation is 1. The Balaban J connectivity index is 0.00000401. The van der Waals surface area contributed by atoms with Crippen LogP contribution in [0.3, 0.4) is 0 Å². The molecule has 2 fully saturated rings. The number of nitrogens with one attached hydrogen (secondary N) is 2. The molecule has 0 atom stereocenters. The van der Waals surface area contributed by atoms with E-state index in [2.05, 4.69) is 28.5 Å². The van der Waals surface area contributed by atoms with Crippen LogP contribution in [-0.4, -0.2) is 69.5 Å². The number of nitriles is 1. The molecule has 11 nitrogen and oxygen atoms in total. The van der Waals surface area contributed by atoms with Gasteiger partial charge in [0.15, 0.2) is 5.13 Å². The Bertz CT molecular complexity index is 1940. The number of piperidine rings is 1. The van der Waals surface area contributed by atoms with Crippen LogP contribution in [0.2, 0.25) is 0 Å². The van der Waals surface area contributed by atoms with Crippen molar-refractivity contribution in [2.75, 3.05) is 43.0 Å². The van der Waals surface area contributed by atoms with Crippen molar-refractivity contribution >= 4 is 52.2 Å². The first-order chi connectivity index (χ1) is 22.9. The van der Waals surface area contributed by atoms with E-state index in [9.17, 15) is 14.4 Å². The van der Waals surface area contributed by atoms with Crippen molar-refractivity contribution in [3.63, 3.8) is 0 Å². The smallest absolute Gasteiger partial charge is 0.225 e. The summed E-state index contributed by atoms with van der Waals surface area (Å²) in [6, 6.07) is 12.5. The van der Waals surface area contributed by atoms with Gasteiger partial charge in [-0.3, -0.25) is 9.20 Å². The highest BCUT2D eigenvalue weighted by molar-refractivity contribution is 7.16. The Labute approximate surface area is 288 Å². The fourth-order valence-electron chi connectivity index (χ4n) is 6.18. The first kappa shape index (κ1) is 33.3. The number of nitrogens with zero attached hydrogens (tertiary/aromatic N) is 8. The molecule has 0 spiro atoms. The number of carbonyl (C=O) groups is 1. The van der Waals surface area contributed by atoms with E-state index in [-0.39, 0.29) is 30.2 Å². The van der Waals surface area contributed by atoms with Gasteiger partial charge in [0.2, 0.25) is 11.9 Å². The third-order valence-electron chi connectivity index (χ3n) is 8.93. The molecular formula is C34H36ClFN10OS. The molecule has 2 saturated heterocycles. The number of halogens is 2. The van der Waals surface area contributed by atoms with Gasteiger partial charge in [-0.25, -0.2) is 24.3 Å². The fourth-order valence-corrected chi connectivity index (χ4v) is 7.03.